The molecule has 1 unspecified atom stereocenters. The zero-order valence-electron chi connectivity index (χ0n) is 15.6. The first kappa shape index (κ1) is 19.8. The van der Waals surface area contributed by atoms with Gasteiger partial charge in [0.2, 0.25) is 0 Å². The number of anilines is 1. The van der Waals surface area contributed by atoms with Gasteiger partial charge in [0, 0.05) is 18.5 Å². The highest BCUT2D eigenvalue weighted by molar-refractivity contribution is 7.17. The number of piperazine rings is 1. The van der Waals surface area contributed by atoms with Crippen molar-refractivity contribution in [1.82, 2.24) is 10.6 Å². The molecule has 148 valence electrons. The fraction of sp³-hybridized carbons (Fsp3) is 0.611. The van der Waals surface area contributed by atoms with Crippen molar-refractivity contribution in [1.29, 1.82) is 0 Å². The highest BCUT2D eigenvalue weighted by Crippen LogP contribution is 2.38. The number of hydrogen-bond donors (Lipinski definition) is 4. The Morgan fingerprint density at radius 1 is 1.30 bits per heavy atom. The lowest BCUT2D eigenvalue weighted by Crippen LogP contribution is -3.16. The van der Waals surface area contributed by atoms with E-state index in [2.05, 4.69) is 16.0 Å². The number of fused-ring (bicyclic) bond motifs is 1. The van der Waals surface area contributed by atoms with E-state index in [4.69, 9.17) is 4.74 Å². The van der Waals surface area contributed by atoms with Gasteiger partial charge < -0.3 is 25.6 Å². The molecule has 1 aliphatic carbocycles. The summed E-state index contributed by atoms with van der Waals surface area (Å²) in [6, 6.07) is 0. The number of methoxy groups -OCH3 is 1. The first-order valence-corrected chi connectivity index (χ1v) is 10.2. The number of amides is 3. The Kier molecular flexibility index (Phi) is 6.81. The molecule has 1 fully saturated rings. The molecule has 1 saturated heterocycles. The van der Waals surface area contributed by atoms with Crippen LogP contribution in [0.5, 0.6) is 0 Å². The summed E-state index contributed by atoms with van der Waals surface area (Å²) in [5.41, 5.74) is 1.67. The van der Waals surface area contributed by atoms with Gasteiger partial charge in [0.25, 0.3) is 17.7 Å². The molecule has 1 aromatic rings. The third kappa shape index (κ3) is 5.06. The SMILES string of the molecule is COCCNC(=O)c1c(NC(=O)C[NH+]2CCNC(=O)C2)sc2c1CCCC2. The topological polar surface area (TPSA) is 101 Å². The van der Waals surface area contributed by atoms with E-state index in [0.717, 1.165) is 42.7 Å². The van der Waals surface area contributed by atoms with Gasteiger partial charge in [-0.15, -0.1) is 11.3 Å². The van der Waals surface area contributed by atoms with Crippen LogP contribution < -0.4 is 20.9 Å². The Morgan fingerprint density at radius 3 is 2.89 bits per heavy atom. The summed E-state index contributed by atoms with van der Waals surface area (Å²) in [4.78, 5) is 38.9. The maximum Gasteiger partial charge on any atom is 0.280 e. The van der Waals surface area contributed by atoms with Gasteiger partial charge in [-0.25, -0.2) is 0 Å². The molecular formula is C18H27N4O4S+. The third-order valence-electron chi connectivity index (χ3n) is 4.86. The van der Waals surface area contributed by atoms with Crippen LogP contribution in [0.15, 0.2) is 0 Å². The molecule has 0 bridgehead atoms. The summed E-state index contributed by atoms with van der Waals surface area (Å²) in [6.45, 7) is 2.71. The smallest absolute Gasteiger partial charge is 0.280 e. The van der Waals surface area contributed by atoms with Crippen LogP contribution in [0.1, 0.15) is 33.6 Å². The zero-order valence-corrected chi connectivity index (χ0v) is 16.4. The Hall–Kier alpha value is -1.97. The van der Waals surface area contributed by atoms with Gasteiger partial charge in [-0.2, -0.15) is 0 Å². The minimum Gasteiger partial charge on any atom is -0.383 e. The summed E-state index contributed by atoms with van der Waals surface area (Å²) in [6.07, 6.45) is 3.99. The van der Waals surface area contributed by atoms with E-state index in [1.165, 1.54) is 16.2 Å². The zero-order chi connectivity index (χ0) is 19.2. The van der Waals surface area contributed by atoms with Crippen molar-refractivity contribution in [2.45, 2.75) is 25.7 Å². The summed E-state index contributed by atoms with van der Waals surface area (Å²) < 4.78 is 4.99. The fourth-order valence-corrected chi connectivity index (χ4v) is 4.86. The highest BCUT2D eigenvalue weighted by Gasteiger charge is 2.28. The van der Waals surface area contributed by atoms with Crippen molar-refractivity contribution in [3.05, 3.63) is 16.0 Å². The second-order valence-corrected chi connectivity index (χ2v) is 8.02. The summed E-state index contributed by atoms with van der Waals surface area (Å²) in [5, 5.41) is 9.20. The van der Waals surface area contributed by atoms with Crippen molar-refractivity contribution in [3.8, 4) is 0 Å². The minimum absolute atomic E-state index is 0.0335. The maximum absolute atomic E-state index is 12.7. The molecule has 9 heteroatoms. The molecule has 1 atom stereocenters. The predicted octanol–water partition coefficient (Wildman–Crippen LogP) is -1.04. The van der Waals surface area contributed by atoms with Gasteiger partial charge >= 0.3 is 0 Å². The van der Waals surface area contributed by atoms with Crippen LogP contribution in [-0.2, 0) is 27.2 Å². The number of quaternary nitrogens is 1. The molecule has 8 nitrogen and oxygen atoms in total. The van der Waals surface area contributed by atoms with Crippen LogP contribution in [0.25, 0.3) is 0 Å². The number of carbonyl (C=O) groups is 3. The highest BCUT2D eigenvalue weighted by atomic mass is 32.1. The number of nitrogens with one attached hydrogen (secondary N) is 4. The quantitative estimate of drug-likeness (QED) is 0.443. The second kappa shape index (κ2) is 9.29. The van der Waals surface area contributed by atoms with E-state index in [1.54, 1.807) is 7.11 Å². The van der Waals surface area contributed by atoms with Crippen molar-refractivity contribution in [3.63, 3.8) is 0 Å². The molecule has 1 aromatic heterocycles. The van der Waals surface area contributed by atoms with Crippen molar-refractivity contribution in [2.75, 3.05) is 51.8 Å². The van der Waals surface area contributed by atoms with Crippen LogP contribution in [-0.4, -0.2) is 64.2 Å². The first-order chi connectivity index (χ1) is 13.1. The van der Waals surface area contributed by atoms with Gasteiger partial charge in [-0.05, 0) is 31.2 Å². The monoisotopic (exact) mass is 395 g/mol. The molecule has 27 heavy (non-hydrogen) atoms. The lowest BCUT2D eigenvalue weighted by molar-refractivity contribution is -0.885. The van der Waals surface area contributed by atoms with Gasteiger partial charge in [0.05, 0.1) is 25.3 Å². The summed E-state index contributed by atoms with van der Waals surface area (Å²) in [5.74, 6) is -0.357. The predicted molar refractivity (Wildman–Crippen MR) is 102 cm³/mol. The van der Waals surface area contributed by atoms with E-state index in [-0.39, 0.29) is 24.3 Å². The van der Waals surface area contributed by atoms with Gasteiger partial charge in [0.15, 0.2) is 13.1 Å². The summed E-state index contributed by atoms with van der Waals surface area (Å²) >= 11 is 1.51. The molecule has 0 aromatic carbocycles. The van der Waals surface area contributed by atoms with Gasteiger partial charge in [-0.1, -0.05) is 0 Å². The maximum atomic E-state index is 12.7. The number of thiophene rings is 1. The van der Waals surface area contributed by atoms with E-state index in [1.807, 2.05) is 0 Å². The Labute approximate surface area is 162 Å². The van der Waals surface area contributed by atoms with E-state index >= 15 is 0 Å². The fourth-order valence-electron chi connectivity index (χ4n) is 3.55. The normalized spacial score (nSPS) is 19.1. The lowest BCUT2D eigenvalue weighted by atomic mass is 9.95. The van der Waals surface area contributed by atoms with E-state index in [0.29, 0.717) is 36.8 Å². The molecule has 2 aliphatic rings. The average molecular weight is 396 g/mol. The lowest BCUT2D eigenvalue weighted by Gasteiger charge is -2.22. The van der Waals surface area contributed by atoms with E-state index < -0.39 is 0 Å². The minimum atomic E-state index is -0.163. The molecular weight excluding hydrogens is 368 g/mol. The second-order valence-electron chi connectivity index (χ2n) is 6.92. The number of rotatable bonds is 7. The molecule has 0 spiro atoms. The van der Waals surface area contributed by atoms with Crippen LogP contribution in [0.2, 0.25) is 0 Å². The molecule has 2 heterocycles. The third-order valence-corrected chi connectivity index (χ3v) is 6.07. The van der Waals surface area contributed by atoms with Crippen LogP contribution >= 0.6 is 11.3 Å². The van der Waals surface area contributed by atoms with Crippen molar-refractivity contribution < 1.29 is 24.0 Å². The number of carbonyl (C=O) groups excluding carboxylic acids is 3. The van der Waals surface area contributed by atoms with Crippen molar-refractivity contribution in [2.24, 2.45) is 0 Å². The number of ether oxygens (including phenoxy) is 1. The standard InChI is InChI=1S/C18H26N4O4S/c1-26-9-7-20-17(25)16-12-4-2-3-5-13(12)27-18(16)21-15(24)11-22-8-6-19-14(23)10-22/h2-11H2,1H3,(H,19,23)(H,20,25)(H,21,24)/p+1. The van der Waals surface area contributed by atoms with Crippen LogP contribution in [0.4, 0.5) is 5.00 Å². The number of aryl methyl sites for hydroxylation is 1. The number of hydrogen-bond acceptors (Lipinski definition) is 5. The molecule has 0 saturated carbocycles. The Morgan fingerprint density at radius 2 is 2.11 bits per heavy atom. The molecule has 3 rings (SSSR count). The van der Waals surface area contributed by atoms with Crippen LogP contribution in [0, 0.1) is 0 Å². The average Bonchev–Trinajstić information content (AvgIpc) is 2.99. The summed E-state index contributed by atoms with van der Waals surface area (Å²) in [7, 11) is 1.59. The van der Waals surface area contributed by atoms with Gasteiger partial charge in [-0.3, -0.25) is 14.4 Å². The Balaban J connectivity index is 1.71. The van der Waals surface area contributed by atoms with Crippen LogP contribution in [0.3, 0.4) is 0 Å². The molecule has 4 N–H and O–H groups in total. The largest absolute Gasteiger partial charge is 0.383 e. The van der Waals surface area contributed by atoms with Crippen molar-refractivity contribution >= 4 is 34.1 Å². The van der Waals surface area contributed by atoms with Gasteiger partial charge in [0.1, 0.15) is 5.00 Å². The van der Waals surface area contributed by atoms with E-state index in [9.17, 15) is 14.4 Å². The molecule has 1 aliphatic heterocycles. The molecule has 0 radical (unpaired) electrons. The molecule has 3 amide bonds. The first-order valence-electron chi connectivity index (χ1n) is 9.40. The Bertz CT molecular complexity index is 718.